The van der Waals surface area contributed by atoms with E-state index in [9.17, 15) is 13.2 Å². The molecule has 1 aliphatic rings. The quantitative estimate of drug-likeness (QED) is 0.693. The van der Waals surface area contributed by atoms with Gasteiger partial charge >= 0.3 is 0 Å². The molecule has 3 rings (SSSR count). The Morgan fingerprint density at radius 1 is 1.07 bits per heavy atom. The molecule has 1 saturated heterocycles. The van der Waals surface area contributed by atoms with Crippen LogP contribution in [0.2, 0.25) is 0 Å². The predicted octanol–water partition coefficient (Wildman–Crippen LogP) is 2.72. The average molecular weight is 436 g/mol. The Morgan fingerprint density at radius 2 is 1.67 bits per heavy atom. The van der Waals surface area contributed by atoms with Crippen LogP contribution in [0.15, 0.2) is 33.7 Å². The summed E-state index contributed by atoms with van der Waals surface area (Å²) in [6.45, 7) is 10.2. The number of aryl methyl sites for hydroxylation is 2. The summed E-state index contributed by atoms with van der Waals surface area (Å²) >= 11 is 0. The molecule has 1 aromatic carbocycles. The van der Waals surface area contributed by atoms with Gasteiger partial charge in [-0.3, -0.25) is 4.79 Å². The second-order valence-corrected chi connectivity index (χ2v) is 9.74. The summed E-state index contributed by atoms with van der Waals surface area (Å²) in [4.78, 5) is 14.5. The van der Waals surface area contributed by atoms with Crippen molar-refractivity contribution in [2.75, 3.05) is 26.2 Å². The monoisotopic (exact) mass is 435 g/mol. The molecular formula is C21H29N3O5S. The van der Waals surface area contributed by atoms with Gasteiger partial charge in [-0.1, -0.05) is 31.1 Å². The molecule has 1 aliphatic heterocycles. The molecule has 0 saturated carbocycles. The van der Waals surface area contributed by atoms with E-state index in [0.717, 1.165) is 0 Å². The van der Waals surface area contributed by atoms with E-state index in [-0.39, 0.29) is 29.7 Å². The van der Waals surface area contributed by atoms with Gasteiger partial charge < -0.3 is 14.2 Å². The molecule has 0 radical (unpaired) electrons. The fraction of sp³-hybridized carbons (Fsp3) is 0.524. The molecule has 1 atom stereocenters. The largest absolute Gasteiger partial charge is 0.481 e. The number of rotatable bonds is 6. The molecule has 0 aliphatic carbocycles. The molecule has 1 aromatic heterocycles. The number of carbonyl (C=O) groups excluding carboxylic acids is 1. The van der Waals surface area contributed by atoms with Gasteiger partial charge in [-0.05, 0) is 44.4 Å². The van der Waals surface area contributed by atoms with Crippen molar-refractivity contribution in [3.8, 4) is 5.75 Å². The third-order valence-electron chi connectivity index (χ3n) is 5.32. The lowest BCUT2D eigenvalue weighted by Gasteiger charge is -2.35. The molecule has 0 spiro atoms. The number of hydrogen-bond donors (Lipinski definition) is 0. The fourth-order valence-corrected chi connectivity index (χ4v) is 5.28. The molecule has 1 amide bonds. The lowest BCUT2D eigenvalue weighted by Crippen LogP contribution is -2.53. The summed E-state index contributed by atoms with van der Waals surface area (Å²) < 4.78 is 38.0. The number of benzene rings is 1. The van der Waals surface area contributed by atoms with E-state index < -0.39 is 16.1 Å². The van der Waals surface area contributed by atoms with Gasteiger partial charge in [0.2, 0.25) is 10.0 Å². The van der Waals surface area contributed by atoms with Crippen molar-refractivity contribution in [2.24, 2.45) is 0 Å². The molecule has 8 nitrogen and oxygen atoms in total. The zero-order valence-electron chi connectivity index (χ0n) is 18.1. The molecule has 30 heavy (non-hydrogen) atoms. The van der Waals surface area contributed by atoms with E-state index in [2.05, 4.69) is 19.0 Å². The Hall–Kier alpha value is -2.39. The van der Waals surface area contributed by atoms with E-state index in [1.165, 1.54) is 9.87 Å². The number of amides is 1. The standard InChI is InChI=1S/C21H29N3O5S/c1-14(2)18-6-8-19(9-7-18)28-17(5)21(25)23-10-12-24(13-11-23)30(26,27)20-15(3)22-29-16(20)4/h6-9,14,17H,10-13H2,1-5H3. The third kappa shape index (κ3) is 4.52. The first-order valence-electron chi connectivity index (χ1n) is 10.1. The molecular weight excluding hydrogens is 406 g/mol. The van der Waals surface area contributed by atoms with Gasteiger partial charge in [-0.25, -0.2) is 8.42 Å². The second kappa shape index (κ2) is 8.77. The SMILES string of the molecule is Cc1noc(C)c1S(=O)(=O)N1CCN(C(=O)C(C)Oc2ccc(C(C)C)cc2)CC1. The van der Waals surface area contributed by atoms with Crippen LogP contribution in [-0.2, 0) is 14.8 Å². The first-order chi connectivity index (χ1) is 14.1. The number of piperazine rings is 1. The van der Waals surface area contributed by atoms with Crippen LogP contribution in [0.5, 0.6) is 5.75 Å². The number of nitrogens with zero attached hydrogens (tertiary/aromatic N) is 3. The fourth-order valence-electron chi connectivity index (χ4n) is 3.56. The van der Waals surface area contributed by atoms with Gasteiger partial charge in [0, 0.05) is 26.2 Å². The molecule has 0 N–H and O–H groups in total. The van der Waals surface area contributed by atoms with Crippen LogP contribution >= 0.6 is 0 Å². The van der Waals surface area contributed by atoms with E-state index in [0.29, 0.717) is 30.5 Å². The zero-order valence-corrected chi connectivity index (χ0v) is 18.9. The Kier molecular flexibility index (Phi) is 6.52. The second-order valence-electron chi connectivity index (χ2n) is 7.87. The number of aromatic nitrogens is 1. The highest BCUT2D eigenvalue weighted by atomic mass is 32.2. The van der Waals surface area contributed by atoms with E-state index in [4.69, 9.17) is 9.26 Å². The molecule has 164 valence electrons. The van der Waals surface area contributed by atoms with Gasteiger partial charge in [0.15, 0.2) is 11.9 Å². The number of sulfonamides is 1. The first kappa shape index (κ1) is 22.3. The molecule has 1 unspecified atom stereocenters. The average Bonchev–Trinajstić information content (AvgIpc) is 3.06. The number of hydrogen-bond acceptors (Lipinski definition) is 6. The highest BCUT2D eigenvalue weighted by molar-refractivity contribution is 7.89. The lowest BCUT2D eigenvalue weighted by molar-refractivity contribution is -0.139. The van der Waals surface area contributed by atoms with Crippen molar-refractivity contribution >= 4 is 15.9 Å². The van der Waals surface area contributed by atoms with Crippen molar-refractivity contribution < 1.29 is 22.5 Å². The van der Waals surface area contributed by atoms with Gasteiger partial charge in [0.05, 0.1) is 0 Å². The van der Waals surface area contributed by atoms with Crippen LogP contribution in [0.1, 0.15) is 43.7 Å². The zero-order chi connectivity index (χ0) is 22.1. The molecule has 2 aromatic rings. The van der Waals surface area contributed by atoms with Crippen LogP contribution in [0, 0.1) is 13.8 Å². The van der Waals surface area contributed by atoms with Crippen molar-refractivity contribution in [1.82, 2.24) is 14.4 Å². The Labute approximate surface area is 177 Å². The minimum absolute atomic E-state index is 0.115. The maximum absolute atomic E-state index is 12.9. The molecule has 1 fully saturated rings. The van der Waals surface area contributed by atoms with E-state index >= 15 is 0 Å². The van der Waals surface area contributed by atoms with Gasteiger partial charge in [0.1, 0.15) is 16.3 Å². The first-order valence-corrected chi connectivity index (χ1v) is 11.5. The van der Waals surface area contributed by atoms with Crippen molar-refractivity contribution in [2.45, 2.75) is 51.5 Å². The van der Waals surface area contributed by atoms with Crippen LogP contribution in [0.4, 0.5) is 0 Å². The van der Waals surface area contributed by atoms with Crippen LogP contribution in [-0.4, -0.2) is 61.0 Å². The minimum atomic E-state index is -3.70. The molecule has 9 heteroatoms. The Morgan fingerprint density at radius 3 is 2.17 bits per heavy atom. The summed E-state index contributed by atoms with van der Waals surface area (Å²) in [7, 11) is -3.70. The smallest absolute Gasteiger partial charge is 0.263 e. The Balaban J connectivity index is 1.59. The van der Waals surface area contributed by atoms with Gasteiger partial charge in [0.25, 0.3) is 5.91 Å². The summed E-state index contributed by atoms with van der Waals surface area (Å²) in [5.74, 6) is 1.18. The summed E-state index contributed by atoms with van der Waals surface area (Å²) in [6.07, 6.45) is -0.652. The van der Waals surface area contributed by atoms with Crippen LogP contribution in [0.25, 0.3) is 0 Å². The van der Waals surface area contributed by atoms with Crippen molar-refractivity contribution in [1.29, 1.82) is 0 Å². The normalized spacial score (nSPS) is 16.7. The van der Waals surface area contributed by atoms with Crippen LogP contribution < -0.4 is 4.74 Å². The van der Waals surface area contributed by atoms with Gasteiger partial charge in [-0.15, -0.1) is 0 Å². The maximum atomic E-state index is 12.9. The predicted molar refractivity (Wildman–Crippen MR) is 112 cm³/mol. The summed E-state index contributed by atoms with van der Waals surface area (Å²) in [5, 5.41) is 3.74. The molecule has 2 heterocycles. The number of ether oxygens (including phenoxy) is 1. The number of carbonyl (C=O) groups is 1. The minimum Gasteiger partial charge on any atom is -0.481 e. The third-order valence-corrected chi connectivity index (χ3v) is 7.47. The lowest BCUT2D eigenvalue weighted by atomic mass is 10.0. The Bertz CT molecular complexity index is 971. The van der Waals surface area contributed by atoms with E-state index in [1.54, 1.807) is 25.7 Å². The van der Waals surface area contributed by atoms with Gasteiger partial charge in [-0.2, -0.15) is 4.31 Å². The van der Waals surface area contributed by atoms with Crippen LogP contribution in [0.3, 0.4) is 0 Å². The van der Waals surface area contributed by atoms with Crippen molar-refractivity contribution in [3.63, 3.8) is 0 Å². The maximum Gasteiger partial charge on any atom is 0.263 e. The summed E-state index contributed by atoms with van der Waals surface area (Å²) in [6, 6.07) is 7.73. The topological polar surface area (TPSA) is 93.0 Å². The highest BCUT2D eigenvalue weighted by Crippen LogP contribution is 2.25. The van der Waals surface area contributed by atoms with E-state index in [1.807, 2.05) is 24.3 Å². The summed E-state index contributed by atoms with van der Waals surface area (Å²) in [5.41, 5.74) is 1.55. The van der Waals surface area contributed by atoms with Crippen molar-refractivity contribution in [3.05, 3.63) is 41.3 Å². The highest BCUT2D eigenvalue weighted by Gasteiger charge is 2.35. The molecule has 0 bridgehead atoms.